The van der Waals surface area contributed by atoms with E-state index in [-0.39, 0.29) is 6.10 Å². The smallest absolute Gasteiger partial charge is 0.234 e. The quantitative estimate of drug-likeness (QED) is 0.824. The minimum Gasteiger partial charge on any atom is -0.474 e. The van der Waals surface area contributed by atoms with Gasteiger partial charge in [-0.15, -0.1) is 11.6 Å². The van der Waals surface area contributed by atoms with Crippen LogP contribution in [0.4, 0.5) is 5.82 Å². The van der Waals surface area contributed by atoms with Crippen LogP contribution < -0.4 is 10.1 Å². The zero-order valence-corrected chi connectivity index (χ0v) is 13.3. The lowest BCUT2D eigenvalue weighted by Crippen LogP contribution is -2.34. The van der Waals surface area contributed by atoms with Crippen molar-refractivity contribution in [3.05, 3.63) is 48.3 Å². The molecule has 5 heteroatoms. The minimum absolute atomic E-state index is 0.0584. The molecule has 0 radical (unpaired) electrons. The lowest BCUT2D eigenvalue weighted by Gasteiger charge is -2.29. The molecular weight excluding hydrogens is 286 g/mol. The highest BCUT2D eigenvalue weighted by Crippen LogP contribution is 2.27. The van der Waals surface area contributed by atoms with Crippen LogP contribution in [0.3, 0.4) is 0 Å². The van der Waals surface area contributed by atoms with Gasteiger partial charge in [0, 0.05) is 5.88 Å². The van der Waals surface area contributed by atoms with Crippen LogP contribution >= 0.6 is 11.6 Å². The molecule has 21 heavy (non-hydrogen) atoms. The van der Waals surface area contributed by atoms with Gasteiger partial charge in [0.05, 0.1) is 24.0 Å². The van der Waals surface area contributed by atoms with Crippen molar-refractivity contribution in [2.75, 3.05) is 11.2 Å². The molecule has 1 aromatic heterocycles. The van der Waals surface area contributed by atoms with Gasteiger partial charge in [-0.05, 0) is 26.3 Å². The fourth-order valence-corrected chi connectivity index (χ4v) is 2.20. The number of nitrogens with zero attached hydrogens (tertiary/aromatic N) is 2. The molecule has 0 amide bonds. The van der Waals surface area contributed by atoms with E-state index in [1.54, 1.807) is 12.4 Å². The average molecular weight is 306 g/mol. The predicted octanol–water partition coefficient (Wildman–Crippen LogP) is 3.83. The van der Waals surface area contributed by atoms with Crippen LogP contribution in [0.15, 0.2) is 42.7 Å². The van der Waals surface area contributed by atoms with Crippen LogP contribution in [0.5, 0.6) is 5.88 Å². The molecule has 1 heterocycles. The van der Waals surface area contributed by atoms with E-state index in [1.807, 2.05) is 51.1 Å². The number of hydrogen-bond acceptors (Lipinski definition) is 4. The number of aromatic nitrogens is 2. The third-order valence-electron chi connectivity index (χ3n) is 3.05. The van der Waals surface area contributed by atoms with Gasteiger partial charge in [-0.1, -0.05) is 30.3 Å². The number of nitrogens with one attached hydrogen (secondary N) is 1. The summed E-state index contributed by atoms with van der Waals surface area (Å²) in [5.41, 5.74) is 0.672. The third-order valence-corrected chi connectivity index (χ3v) is 3.59. The molecule has 0 aliphatic rings. The molecule has 0 saturated heterocycles. The Morgan fingerprint density at radius 3 is 2.57 bits per heavy atom. The Morgan fingerprint density at radius 2 is 1.95 bits per heavy atom. The van der Waals surface area contributed by atoms with Crippen molar-refractivity contribution in [3.8, 4) is 5.88 Å². The fraction of sp³-hybridized carbons (Fsp3) is 0.375. The van der Waals surface area contributed by atoms with Crippen LogP contribution in [0.1, 0.15) is 26.3 Å². The van der Waals surface area contributed by atoms with Gasteiger partial charge in [0.25, 0.3) is 0 Å². The van der Waals surface area contributed by atoms with Gasteiger partial charge in [-0.2, -0.15) is 4.98 Å². The van der Waals surface area contributed by atoms with Crippen molar-refractivity contribution in [1.82, 2.24) is 9.97 Å². The molecule has 2 rings (SSSR count). The summed E-state index contributed by atoms with van der Waals surface area (Å²) in [6.07, 6.45) is 3.33. The van der Waals surface area contributed by atoms with Crippen molar-refractivity contribution < 1.29 is 4.74 Å². The highest BCUT2D eigenvalue weighted by Gasteiger charge is 2.26. The van der Waals surface area contributed by atoms with E-state index in [0.29, 0.717) is 17.6 Å². The van der Waals surface area contributed by atoms with Crippen molar-refractivity contribution in [2.45, 2.75) is 32.4 Å². The van der Waals surface area contributed by atoms with Gasteiger partial charge in [-0.25, -0.2) is 0 Å². The fourth-order valence-electron chi connectivity index (χ4n) is 1.98. The second-order valence-corrected chi connectivity index (χ2v) is 5.63. The summed E-state index contributed by atoms with van der Waals surface area (Å²) in [7, 11) is 0. The molecule has 0 spiro atoms. The second kappa shape index (κ2) is 6.76. The molecule has 0 bridgehead atoms. The van der Waals surface area contributed by atoms with Crippen LogP contribution in [0.2, 0.25) is 0 Å². The summed E-state index contributed by atoms with van der Waals surface area (Å²) < 4.78 is 5.56. The maximum atomic E-state index is 6.18. The van der Waals surface area contributed by atoms with Crippen molar-refractivity contribution in [2.24, 2.45) is 0 Å². The topological polar surface area (TPSA) is 47.0 Å². The molecule has 0 aliphatic carbocycles. The largest absolute Gasteiger partial charge is 0.474 e. The van der Waals surface area contributed by atoms with Crippen LogP contribution in [0.25, 0.3) is 0 Å². The summed E-state index contributed by atoms with van der Waals surface area (Å²) >= 11 is 6.18. The van der Waals surface area contributed by atoms with E-state index >= 15 is 0 Å². The summed E-state index contributed by atoms with van der Waals surface area (Å²) in [6.45, 7) is 5.94. The Hall–Kier alpha value is -1.81. The molecule has 4 nitrogen and oxygen atoms in total. The van der Waals surface area contributed by atoms with Gasteiger partial charge >= 0.3 is 0 Å². The van der Waals surface area contributed by atoms with Crippen molar-refractivity contribution in [3.63, 3.8) is 0 Å². The maximum Gasteiger partial charge on any atom is 0.234 e. The zero-order valence-electron chi connectivity index (χ0n) is 12.5. The van der Waals surface area contributed by atoms with Gasteiger partial charge < -0.3 is 10.1 Å². The van der Waals surface area contributed by atoms with Crippen LogP contribution in [-0.4, -0.2) is 22.0 Å². The molecule has 1 N–H and O–H groups in total. The van der Waals surface area contributed by atoms with E-state index < -0.39 is 5.54 Å². The SMILES string of the molecule is CC(C)Oc1cncc(NC(C)(CCl)c2ccccc2)n1. The molecular formula is C16H20ClN3O. The van der Waals surface area contributed by atoms with Gasteiger partial charge in [0.15, 0.2) is 0 Å². The van der Waals surface area contributed by atoms with Crippen molar-refractivity contribution in [1.29, 1.82) is 0 Å². The number of ether oxygens (including phenoxy) is 1. The number of alkyl halides is 1. The Labute approximate surface area is 130 Å². The Morgan fingerprint density at radius 1 is 1.24 bits per heavy atom. The molecule has 1 atom stereocenters. The summed E-state index contributed by atoms with van der Waals surface area (Å²) in [6, 6.07) is 10.0. The number of anilines is 1. The molecule has 0 aliphatic heterocycles. The van der Waals surface area contributed by atoms with Crippen molar-refractivity contribution >= 4 is 17.4 Å². The molecule has 2 aromatic rings. The molecule has 1 aromatic carbocycles. The zero-order chi connectivity index (χ0) is 15.3. The minimum atomic E-state index is -0.423. The lowest BCUT2D eigenvalue weighted by atomic mass is 9.94. The van der Waals surface area contributed by atoms with Gasteiger partial charge in [0.2, 0.25) is 5.88 Å². The van der Waals surface area contributed by atoms with E-state index in [4.69, 9.17) is 16.3 Å². The predicted molar refractivity (Wildman–Crippen MR) is 85.9 cm³/mol. The second-order valence-electron chi connectivity index (χ2n) is 5.37. The van der Waals surface area contributed by atoms with E-state index in [0.717, 1.165) is 5.56 Å². The van der Waals surface area contributed by atoms with Crippen LogP contribution in [-0.2, 0) is 5.54 Å². The van der Waals surface area contributed by atoms with E-state index in [2.05, 4.69) is 15.3 Å². The number of halogens is 1. The average Bonchev–Trinajstić information content (AvgIpc) is 2.47. The van der Waals surface area contributed by atoms with Gasteiger partial charge in [-0.3, -0.25) is 4.98 Å². The maximum absolute atomic E-state index is 6.18. The first-order chi connectivity index (χ1) is 10.0. The molecule has 1 unspecified atom stereocenters. The number of rotatable bonds is 6. The van der Waals surface area contributed by atoms with Gasteiger partial charge in [0.1, 0.15) is 5.82 Å². The number of benzene rings is 1. The summed E-state index contributed by atoms with van der Waals surface area (Å²) in [5.74, 6) is 1.55. The molecule has 0 fully saturated rings. The summed E-state index contributed by atoms with van der Waals surface area (Å²) in [5, 5.41) is 3.35. The highest BCUT2D eigenvalue weighted by molar-refractivity contribution is 6.18. The van der Waals surface area contributed by atoms with Crippen LogP contribution in [0, 0.1) is 0 Å². The standard InChI is InChI=1S/C16H20ClN3O/c1-12(2)21-15-10-18-9-14(19-15)20-16(3,11-17)13-7-5-4-6-8-13/h4-10,12H,11H2,1-3H3,(H,19,20). The number of hydrogen-bond donors (Lipinski definition) is 1. The Kier molecular flexibility index (Phi) is 5.02. The Bertz CT molecular complexity index is 577. The monoisotopic (exact) mass is 305 g/mol. The Balaban J connectivity index is 2.22. The summed E-state index contributed by atoms with van der Waals surface area (Å²) in [4.78, 5) is 8.57. The first-order valence-electron chi connectivity index (χ1n) is 6.92. The first-order valence-corrected chi connectivity index (χ1v) is 7.45. The van der Waals surface area contributed by atoms with E-state index in [1.165, 1.54) is 0 Å². The van der Waals surface area contributed by atoms with E-state index in [9.17, 15) is 0 Å². The molecule has 0 saturated carbocycles. The lowest BCUT2D eigenvalue weighted by molar-refractivity contribution is 0.232. The highest BCUT2D eigenvalue weighted by atomic mass is 35.5. The molecule has 112 valence electrons. The first kappa shape index (κ1) is 15.6. The third kappa shape index (κ3) is 4.08. The normalized spacial score (nSPS) is 13.8.